The van der Waals surface area contributed by atoms with Crippen LogP contribution in [0.5, 0.6) is 0 Å². The Hall–Kier alpha value is -2.85. The van der Waals surface area contributed by atoms with Gasteiger partial charge in [0.15, 0.2) is 0 Å². The molecule has 1 aromatic heterocycles. The van der Waals surface area contributed by atoms with E-state index in [1.807, 2.05) is 53.4 Å². The first-order valence-corrected chi connectivity index (χ1v) is 8.90. The second-order valence-electron chi connectivity index (χ2n) is 6.42. The minimum absolute atomic E-state index is 0.0724. The van der Waals surface area contributed by atoms with Gasteiger partial charge in [-0.15, -0.1) is 0 Å². The van der Waals surface area contributed by atoms with Crippen molar-refractivity contribution in [3.63, 3.8) is 0 Å². The van der Waals surface area contributed by atoms with Crippen LogP contribution in [0.15, 0.2) is 66.9 Å². The van der Waals surface area contributed by atoms with Gasteiger partial charge in [-0.25, -0.2) is 4.98 Å². The van der Waals surface area contributed by atoms with Gasteiger partial charge in [0, 0.05) is 22.4 Å². The van der Waals surface area contributed by atoms with Crippen molar-refractivity contribution in [2.24, 2.45) is 0 Å². The average molecular weight is 364 g/mol. The zero-order valence-electron chi connectivity index (χ0n) is 14.3. The van der Waals surface area contributed by atoms with Crippen molar-refractivity contribution < 1.29 is 4.79 Å². The van der Waals surface area contributed by atoms with Crippen molar-refractivity contribution >= 4 is 34.6 Å². The number of benzene rings is 2. The van der Waals surface area contributed by atoms with E-state index in [0.717, 1.165) is 23.5 Å². The summed E-state index contributed by atoms with van der Waals surface area (Å²) in [6.45, 7) is 2.06. The third kappa shape index (κ3) is 3.16. The van der Waals surface area contributed by atoms with E-state index < -0.39 is 0 Å². The zero-order valence-corrected chi connectivity index (χ0v) is 15.1. The van der Waals surface area contributed by atoms with Crippen LogP contribution in [-0.4, -0.2) is 16.9 Å². The normalized spacial score (nSPS) is 15.6. The highest BCUT2D eigenvalue weighted by atomic mass is 35.5. The van der Waals surface area contributed by atoms with Crippen molar-refractivity contribution in [3.05, 3.63) is 83.1 Å². The highest BCUT2D eigenvalue weighted by Crippen LogP contribution is 2.33. The van der Waals surface area contributed by atoms with E-state index >= 15 is 0 Å². The summed E-state index contributed by atoms with van der Waals surface area (Å²) in [4.78, 5) is 19.2. The maximum Gasteiger partial charge on any atom is 0.277 e. The molecule has 0 fully saturated rings. The largest absolute Gasteiger partial charge is 0.354 e. The number of amides is 1. The first kappa shape index (κ1) is 16.6. The standard InChI is InChI=1S/C21H18ClN3O/c1-14-11-15-5-2-3-8-20(15)25(14)21(26)19-10-9-18(13-23-19)24-17-7-4-6-16(22)12-17/h2-10,12-14,24H,11H2,1H3. The number of halogens is 1. The molecule has 3 aromatic rings. The molecule has 2 aromatic carbocycles. The first-order valence-electron chi connectivity index (χ1n) is 8.52. The number of hydrogen-bond donors (Lipinski definition) is 1. The lowest BCUT2D eigenvalue weighted by atomic mass is 10.1. The number of anilines is 3. The topological polar surface area (TPSA) is 45.2 Å². The number of rotatable bonds is 3. The van der Waals surface area contributed by atoms with Crippen LogP contribution < -0.4 is 10.2 Å². The molecule has 1 unspecified atom stereocenters. The first-order chi connectivity index (χ1) is 12.6. The molecule has 26 heavy (non-hydrogen) atoms. The molecule has 0 bridgehead atoms. The summed E-state index contributed by atoms with van der Waals surface area (Å²) in [5.74, 6) is -0.0724. The molecule has 0 aliphatic carbocycles. The Morgan fingerprint density at radius 2 is 1.96 bits per heavy atom. The summed E-state index contributed by atoms with van der Waals surface area (Å²) < 4.78 is 0. The maximum absolute atomic E-state index is 13.0. The van der Waals surface area contributed by atoms with Crippen molar-refractivity contribution in [1.29, 1.82) is 0 Å². The number of nitrogens with one attached hydrogen (secondary N) is 1. The lowest BCUT2D eigenvalue weighted by molar-refractivity contribution is 0.0976. The highest BCUT2D eigenvalue weighted by Gasteiger charge is 2.31. The van der Waals surface area contributed by atoms with Gasteiger partial charge in [0.25, 0.3) is 5.91 Å². The summed E-state index contributed by atoms with van der Waals surface area (Å²) in [5.41, 5.74) is 4.30. The fourth-order valence-electron chi connectivity index (χ4n) is 3.33. The third-order valence-electron chi connectivity index (χ3n) is 4.52. The number of carbonyl (C=O) groups excluding carboxylic acids is 1. The van der Waals surface area contributed by atoms with Crippen LogP contribution in [0, 0.1) is 0 Å². The number of para-hydroxylation sites is 1. The molecule has 4 nitrogen and oxygen atoms in total. The van der Waals surface area contributed by atoms with E-state index in [2.05, 4.69) is 23.3 Å². The van der Waals surface area contributed by atoms with Crippen molar-refractivity contribution in [2.75, 3.05) is 10.2 Å². The molecule has 0 saturated heterocycles. The van der Waals surface area contributed by atoms with Gasteiger partial charge in [0.1, 0.15) is 5.69 Å². The number of nitrogens with zero attached hydrogens (tertiary/aromatic N) is 2. The molecule has 1 N–H and O–H groups in total. The fourth-order valence-corrected chi connectivity index (χ4v) is 3.52. The van der Waals surface area contributed by atoms with Crippen molar-refractivity contribution in [1.82, 2.24) is 4.98 Å². The molecular formula is C21H18ClN3O. The SMILES string of the molecule is CC1Cc2ccccc2N1C(=O)c1ccc(Nc2cccc(Cl)c2)cn1. The zero-order chi connectivity index (χ0) is 18.1. The Bertz CT molecular complexity index is 955. The number of pyridine rings is 1. The van der Waals surface area contributed by atoms with E-state index in [1.165, 1.54) is 5.56 Å². The summed E-state index contributed by atoms with van der Waals surface area (Å²) in [5, 5.41) is 3.90. The summed E-state index contributed by atoms with van der Waals surface area (Å²) >= 11 is 6.00. The van der Waals surface area contributed by atoms with E-state index in [9.17, 15) is 4.79 Å². The van der Waals surface area contributed by atoms with Crippen LogP contribution in [-0.2, 0) is 6.42 Å². The molecule has 1 aliphatic rings. The van der Waals surface area contributed by atoms with Crippen LogP contribution in [0.2, 0.25) is 5.02 Å². The Labute approximate surface area is 157 Å². The second kappa shape index (κ2) is 6.81. The molecular weight excluding hydrogens is 346 g/mol. The Morgan fingerprint density at radius 3 is 2.73 bits per heavy atom. The van der Waals surface area contributed by atoms with Crippen molar-refractivity contribution in [3.8, 4) is 0 Å². The van der Waals surface area contributed by atoms with Crippen LogP contribution >= 0.6 is 11.6 Å². The van der Waals surface area contributed by atoms with Gasteiger partial charge in [-0.1, -0.05) is 35.9 Å². The molecule has 1 amide bonds. The average Bonchev–Trinajstić information content (AvgIpc) is 2.97. The monoisotopic (exact) mass is 363 g/mol. The molecule has 5 heteroatoms. The van der Waals surface area contributed by atoms with E-state index in [4.69, 9.17) is 11.6 Å². The Morgan fingerprint density at radius 1 is 1.12 bits per heavy atom. The molecule has 1 aliphatic heterocycles. The van der Waals surface area contributed by atoms with E-state index in [0.29, 0.717) is 10.7 Å². The Kier molecular flexibility index (Phi) is 4.35. The van der Waals surface area contributed by atoms with Crippen LogP contribution in [0.1, 0.15) is 23.0 Å². The third-order valence-corrected chi connectivity index (χ3v) is 4.76. The van der Waals surface area contributed by atoms with Gasteiger partial charge < -0.3 is 10.2 Å². The predicted octanol–water partition coefficient (Wildman–Crippen LogP) is 5.07. The lowest BCUT2D eigenvalue weighted by Crippen LogP contribution is -2.36. The molecule has 0 saturated carbocycles. The van der Waals surface area contributed by atoms with Crippen LogP contribution in [0.4, 0.5) is 17.1 Å². The predicted molar refractivity (Wildman–Crippen MR) is 105 cm³/mol. The summed E-state index contributed by atoms with van der Waals surface area (Å²) in [7, 11) is 0. The number of carbonyl (C=O) groups is 1. The fraction of sp³-hybridized carbons (Fsp3) is 0.143. The number of hydrogen-bond acceptors (Lipinski definition) is 3. The second-order valence-corrected chi connectivity index (χ2v) is 6.86. The Balaban J connectivity index is 1.54. The molecule has 1 atom stereocenters. The minimum Gasteiger partial charge on any atom is -0.354 e. The van der Waals surface area contributed by atoms with Crippen LogP contribution in [0.3, 0.4) is 0 Å². The molecule has 2 heterocycles. The number of fused-ring (bicyclic) bond motifs is 1. The van der Waals surface area contributed by atoms with Gasteiger partial charge >= 0.3 is 0 Å². The lowest BCUT2D eigenvalue weighted by Gasteiger charge is -2.22. The van der Waals surface area contributed by atoms with Gasteiger partial charge in [-0.3, -0.25) is 4.79 Å². The smallest absolute Gasteiger partial charge is 0.277 e. The molecule has 130 valence electrons. The van der Waals surface area contributed by atoms with E-state index in [1.54, 1.807) is 12.3 Å². The quantitative estimate of drug-likeness (QED) is 0.706. The van der Waals surface area contributed by atoms with Gasteiger partial charge in [-0.2, -0.15) is 0 Å². The van der Waals surface area contributed by atoms with Crippen LogP contribution in [0.25, 0.3) is 0 Å². The summed E-state index contributed by atoms with van der Waals surface area (Å²) in [6, 6.07) is 19.2. The van der Waals surface area contributed by atoms with Gasteiger partial charge in [-0.05, 0) is 55.3 Å². The highest BCUT2D eigenvalue weighted by molar-refractivity contribution is 6.30. The molecule has 0 spiro atoms. The minimum atomic E-state index is -0.0724. The van der Waals surface area contributed by atoms with E-state index in [-0.39, 0.29) is 11.9 Å². The van der Waals surface area contributed by atoms with Gasteiger partial charge in [0.05, 0.1) is 11.9 Å². The number of aromatic nitrogens is 1. The maximum atomic E-state index is 13.0. The van der Waals surface area contributed by atoms with Gasteiger partial charge in [0.2, 0.25) is 0 Å². The molecule has 4 rings (SSSR count). The van der Waals surface area contributed by atoms with Crippen molar-refractivity contribution in [2.45, 2.75) is 19.4 Å². The molecule has 0 radical (unpaired) electrons. The summed E-state index contributed by atoms with van der Waals surface area (Å²) in [6.07, 6.45) is 2.54.